The summed E-state index contributed by atoms with van der Waals surface area (Å²) in [5.74, 6) is 0. The fourth-order valence-electron chi connectivity index (χ4n) is 2.14. The maximum absolute atomic E-state index is 11.7. The van der Waals surface area contributed by atoms with Crippen LogP contribution in [0.4, 0.5) is 0 Å². The molecule has 19 heavy (non-hydrogen) atoms. The van der Waals surface area contributed by atoms with Crippen LogP contribution in [-0.4, -0.2) is 61.5 Å². The number of nitrogens with one attached hydrogen (secondary N) is 1. The molecule has 9 heteroatoms. The Morgan fingerprint density at radius 2 is 2.05 bits per heavy atom. The smallest absolute Gasteiger partial charge is 0.330 e. The Bertz CT molecular complexity index is 567. The highest BCUT2D eigenvalue weighted by Gasteiger charge is 2.55. The predicted octanol–water partition coefficient (Wildman–Crippen LogP) is -3.71. The highest BCUT2D eigenvalue weighted by atomic mass is 16.6. The first-order valence-electron chi connectivity index (χ1n) is 5.54. The number of aliphatic hydroxyl groups excluding tert-OH is 4. The van der Waals surface area contributed by atoms with E-state index in [1.165, 1.54) is 0 Å². The van der Waals surface area contributed by atoms with Crippen molar-refractivity contribution in [3.05, 3.63) is 33.1 Å². The number of rotatable bonds is 3. The highest BCUT2D eigenvalue weighted by Crippen LogP contribution is 2.34. The minimum atomic E-state index is -1.95. The Labute approximate surface area is 106 Å². The fourth-order valence-corrected chi connectivity index (χ4v) is 2.14. The highest BCUT2D eigenvalue weighted by molar-refractivity contribution is 5.01. The van der Waals surface area contributed by atoms with E-state index in [0.29, 0.717) is 0 Å². The van der Waals surface area contributed by atoms with E-state index in [2.05, 4.69) is 0 Å². The molecule has 9 nitrogen and oxygen atoms in total. The maximum Gasteiger partial charge on any atom is 0.330 e. The molecule has 1 aromatic heterocycles. The number of H-pyrrole nitrogens is 1. The van der Waals surface area contributed by atoms with Crippen molar-refractivity contribution in [3.63, 3.8) is 0 Å². The third kappa shape index (κ3) is 2.01. The quantitative estimate of drug-likeness (QED) is 0.381. The van der Waals surface area contributed by atoms with Crippen molar-refractivity contribution in [2.45, 2.75) is 24.0 Å². The van der Waals surface area contributed by atoms with Gasteiger partial charge >= 0.3 is 5.69 Å². The molecule has 1 fully saturated rings. The van der Waals surface area contributed by atoms with Gasteiger partial charge in [-0.2, -0.15) is 0 Å². The normalized spacial score (nSPS) is 34.6. The van der Waals surface area contributed by atoms with E-state index in [1.807, 2.05) is 4.98 Å². The molecular formula is C10H14N2O7. The average molecular weight is 274 g/mol. The lowest BCUT2D eigenvalue weighted by Gasteiger charge is -2.31. The van der Waals surface area contributed by atoms with Crippen molar-refractivity contribution in [1.29, 1.82) is 0 Å². The minimum Gasteiger partial charge on any atom is -0.394 e. The van der Waals surface area contributed by atoms with Gasteiger partial charge in [-0.25, -0.2) is 4.79 Å². The molecule has 0 bridgehead atoms. The van der Waals surface area contributed by atoms with Gasteiger partial charge in [-0.05, 0) is 0 Å². The van der Waals surface area contributed by atoms with Crippen molar-refractivity contribution in [2.24, 2.45) is 0 Å². The molecule has 0 saturated carbocycles. The lowest BCUT2D eigenvalue weighted by Crippen LogP contribution is -2.53. The zero-order valence-electron chi connectivity index (χ0n) is 9.76. The molecule has 5 N–H and O–H groups in total. The fraction of sp³-hybridized carbons (Fsp3) is 0.600. The van der Waals surface area contributed by atoms with Crippen molar-refractivity contribution in [3.8, 4) is 0 Å². The number of hydrogen-bond donors (Lipinski definition) is 5. The van der Waals surface area contributed by atoms with Crippen LogP contribution >= 0.6 is 0 Å². The number of aliphatic hydroxyl groups is 4. The molecule has 0 aromatic carbocycles. The molecular weight excluding hydrogens is 260 g/mol. The largest absolute Gasteiger partial charge is 0.394 e. The van der Waals surface area contributed by atoms with E-state index in [4.69, 9.17) is 9.84 Å². The predicted molar refractivity (Wildman–Crippen MR) is 60.4 cm³/mol. The van der Waals surface area contributed by atoms with Crippen molar-refractivity contribution in [1.82, 2.24) is 9.55 Å². The summed E-state index contributed by atoms with van der Waals surface area (Å²) in [4.78, 5) is 24.6. The summed E-state index contributed by atoms with van der Waals surface area (Å²) in [6.45, 7) is -1.42. The van der Waals surface area contributed by atoms with Gasteiger partial charge in [0.05, 0.1) is 13.2 Å². The lowest BCUT2D eigenvalue weighted by molar-refractivity contribution is -0.174. The second-order valence-corrected chi connectivity index (χ2v) is 4.26. The Morgan fingerprint density at radius 3 is 2.53 bits per heavy atom. The lowest BCUT2D eigenvalue weighted by atomic mass is 10.0. The SMILES string of the molecule is O=c1ccn(C2(CO)O[C@H](CO)[C@@H](O)[C@@H]2O)c(=O)[nH]1. The second-order valence-electron chi connectivity index (χ2n) is 4.26. The van der Waals surface area contributed by atoms with Crippen LogP contribution in [0.15, 0.2) is 21.9 Å². The molecule has 1 aromatic rings. The first kappa shape index (κ1) is 13.9. The molecule has 1 saturated heterocycles. The topological polar surface area (TPSA) is 145 Å². The van der Waals surface area contributed by atoms with Crippen LogP contribution in [0.1, 0.15) is 0 Å². The summed E-state index contributed by atoms with van der Waals surface area (Å²) in [7, 11) is 0. The van der Waals surface area contributed by atoms with Crippen LogP contribution in [0, 0.1) is 0 Å². The van der Waals surface area contributed by atoms with E-state index < -0.39 is 48.5 Å². The minimum absolute atomic E-state index is 0.599. The van der Waals surface area contributed by atoms with Gasteiger partial charge in [-0.1, -0.05) is 0 Å². The molecule has 1 aliphatic rings. The molecule has 0 aliphatic carbocycles. The van der Waals surface area contributed by atoms with Gasteiger partial charge in [0.15, 0.2) is 0 Å². The van der Waals surface area contributed by atoms with Crippen LogP contribution in [0.3, 0.4) is 0 Å². The number of aromatic nitrogens is 2. The Hall–Kier alpha value is -1.52. The first-order valence-corrected chi connectivity index (χ1v) is 5.54. The maximum atomic E-state index is 11.7. The summed E-state index contributed by atoms with van der Waals surface area (Å²) in [5, 5.41) is 38.1. The Kier molecular flexibility index (Phi) is 3.56. The van der Waals surface area contributed by atoms with E-state index in [-0.39, 0.29) is 0 Å². The molecule has 0 radical (unpaired) electrons. The van der Waals surface area contributed by atoms with Gasteiger partial charge in [0.2, 0.25) is 5.72 Å². The molecule has 1 unspecified atom stereocenters. The summed E-state index contributed by atoms with van der Waals surface area (Å²) in [6, 6.07) is 1.01. The van der Waals surface area contributed by atoms with E-state index in [0.717, 1.165) is 16.8 Å². The van der Waals surface area contributed by atoms with Gasteiger partial charge in [-0.3, -0.25) is 14.3 Å². The Morgan fingerprint density at radius 1 is 1.37 bits per heavy atom. The monoisotopic (exact) mass is 274 g/mol. The standard InChI is InChI=1S/C10H14N2O7/c13-3-5-7(16)8(17)10(4-14,19-5)12-2-1-6(15)11-9(12)18/h1-2,5,7-8,13-14,16-17H,3-4H2,(H,11,15,18)/t5-,7-,8+,10?/m1/s1. The summed E-state index contributed by atoms with van der Waals surface area (Å²) in [5.41, 5.74) is -3.51. The molecule has 4 atom stereocenters. The number of nitrogens with zero attached hydrogens (tertiary/aromatic N) is 1. The van der Waals surface area contributed by atoms with Crippen molar-refractivity contribution < 1.29 is 25.2 Å². The van der Waals surface area contributed by atoms with E-state index >= 15 is 0 Å². The van der Waals surface area contributed by atoms with Gasteiger partial charge in [-0.15, -0.1) is 0 Å². The van der Waals surface area contributed by atoms with E-state index in [1.54, 1.807) is 0 Å². The summed E-state index contributed by atoms with van der Waals surface area (Å²) < 4.78 is 6.00. The molecule has 0 spiro atoms. The second kappa shape index (κ2) is 4.87. The average Bonchev–Trinajstić information content (AvgIpc) is 2.64. The molecule has 2 rings (SSSR count). The molecule has 0 amide bonds. The van der Waals surface area contributed by atoms with Crippen LogP contribution in [0.25, 0.3) is 0 Å². The van der Waals surface area contributed by atoms with Crippen molar-refractivity contribution >= 4 is 0 Å². The molecule has 1 aliphatic heterocycles. The number of aromatic amines is 1. The summed E-state index contributed by atoms with van der Waals surface area (Å²) in [6.07, 6.45) is -3.23. The van der Waals surface area contributed by atoms with Crippen molar-refractivity contribution in [2.75, 3.05) is 13.2 Å². The first-order chi connectivity index (χ1) is 8.96. The van der Waals surface area contributed by atoms with Crippen LogP contribution in [0.5, 0.6) is 0 Å². The third-order valence-corrected chi connectivity index (χ3v) is 3.16. The van der Waals surface area contributed by atoms with Gasteiger partial charge < -0.3 is 25.2 Å². The Balaban J connectivity index is 2.55. The number of hydrogen-bond acceptors (Lipinski definition) is 7. The summed E-state index contributed by atoms with van der Waals surface area (Å²) >= 11 is 0. The molecule has 2 heterocycles. The van der Waals surface area contributed by atoms with Crippen LogP contribution in [0.2, 0.25) is 0 Å². The molecule has 106 valence electrons. The number of ether oxygens (including phenoxy) is 1. The van der Waals surface area contributed by atoms with Crippen LogP contribution in [-0.2, 0) is 10.5 Å². The van der Waals surface area contributed by atoms with E-state index in [9.17, 15) is 24.9 Å². The van der Waals surface area contributed by atoms with Gasteiger partial charge in [0.1, 0.15) is 18.3 Å². The zero-order chi connectivity index (χ0) is 14.2. The van der Waals surface area contributed by atoms with Gasteiger partial charge in [0, 0.05) is 12.3 Å². The third-order valence-electron chi connectivity index (χ3n) is 3.16. The van der Waals surface area contributed by atoms with Gasteiger partial charge in [0.25, 0.3) is 5.56 Å². The zero-order valence-corrected chi connectivity index (χ0v) is 9.76. The van der Waals surface area contributed by atoms with Crippen LogP contribution < -0.4 is 11.2 Å².